The van der Waals surface area contributed by atoms with Crippen molar-refractivity contribution >= 4 is 23.3 Å². The minimum Gasteiger partial charge on any atom is -0.351 e. The molecule has 0 aliphatic heterocycles. The molecule has 0 radical (unpaired) electrons. The number of hydrogen-bond acceptors (Lipinski definition) is 4. The Kier molecular flexibility index (Phi) is 6.52. The van der Waals surface area contributed by atoms with E-state index < -0.39 is 18.0 Å². The fraction of sp³-hybridized carbons (Fsp3) is 0.333. The van der Waals surface area contributed by atoms with Crippen molar-refractivity contribution in [2.24, 2.45) is 5.73 Å². The van der Waals surface area contributed by atoms with E-state index in [1.165, 1.54) is 5.56 Å². The zero-order valence-corrected chi connectivity index (χ0v) is 14.7. The van der Waals surface area contributed by atoms with Crippen LogP contribution in [-0.2, 0) is 11.2 Å². The number of rotatable bonds is 7. The second-order valence-electron chi connectivity index (χ2n) is 5.68. The Balaban J connectivity index is 2.19. The molecule has 2 rings (SSSR count). The quantitative estimate of drug-likeness (QED) is 0.721. The molecule has 1 aromatic carbocycles. The van der Waals surface area contributed by atoms with Gasteiger partial charge in [-0.1, -0.05) is 43.7 Å². The molecule has 1 aromatic heterocycles. The number of carbonyl (C=O) groups excluding carboxylic acids is 2. The summed E-state index contributed by atoms with van der Waals surface area (Å²) in [5.74, 6) is -0.438. The maximum atomic E-state index is 12.0. The predicted octanol–water partition coefficient (Wildman–Crippen LogP) is 2.96. The molecule has 24 heavy (non-hydrogen) atoms. The van der Waals surface area contributed by atoms with E-state index >= 15 is 0 Å². The molecule has 0 saturated heterocycles. The maximum Gasteiger partial charge on any atom is 0.318 e. The Morgan fingerprint density at radius 1 is 1.21 bits per heavy atom. The topological polar surface area (TPSA) is 84.2 Å². The Bertz CT molecular complexity index is 668. The van der Waals surface area contributed by atoms with Crippen LogP contribution in [0.5, 0.6) is 0 Å². The van der Waals surface area contributed by atoms with Gasteiger partial charge in [-0.3, -0.25) is 15.4 Å². The first kappa shape index (κ1) is 18.2. The smallest absolute Gasteiger partial charge is 0.318 e. The highest BCUT2D eigenvalue weighted by Gasteiger charge is 2.22. The van der Waals surface area contributed by atoms with Crippen molar-refractivity contribution in [3.63, 3.8) is 0 Å². The SMILES string of the molecule is CCCc1ccc([C@@H](N[C@H](C)C(=O)NC(N)=O)c2cccs2)cc1. The van der Waals surface area contributed by atoms with E-state index in [0.717, 1.165) is 23.3 Å². The van der Waals surface area contributed by atoms with Crippen molar-refractivity contribution in [3.8, 4) is 0 Å². The summed E-state index contributed by atoms with van der Waals surface area (Å²) in [5.41, 5.74) is 7.39. The molecule has 6 heteroatoms. The van der Waals surface area contributed by atoms with E-state index in [0.29, 0.717) is 0 Å². The van der Waals surface area contributed by atoms with Crippen LogP contribution in [0.15, 0.2) is 41.8 Å². The van der Waals surface area contributed by atoms with Crippen molar-refractivity contribution in [3.05, 3.63) is 57.8 Å². The lowest BCUT2D eigenvalue weighted by Crippen LogP contribution is -2.47. The number of urea groups is 1. The summed E-state index contributed by atoms with van der Waals surface area (Å²) >= 11 is 1.62. The van der Waals surface area contributed by atoms with Crippen molar-refractivity contribution in [2.45, 2.75) is 38.8 Å². The number of imide groups is 1. The minimum absolute atomic E-state index is 0.116. The normalized spacial score (nSPS) is 13.2. The standard InChI is InChI=1S/C18H23N3O2S/c1-3-5-13-7-9-14(10-8-13)16(15-6-4-11-24-15)20-12(2)17(22)21-18(19)23/h4,6-12,16,20H,3,5H2,1-2H3,(H3,19,21,22,23)/t12-,16-/m1/s1. The van der Waals surface area contributed by atoms with Gasteiger partial charge in [0, 0.05) is 4.88 Å². The summed E-state index contributed by atoms with van der Waals surface area (Å²) in [5, 5.41) is 7.40. The molecule has 0 aliphatic carbocycles. The third-order valence-corrected chi connectivity index (χ3v) is 4.67. The second-order valence-corrected chi connectivity index (χ2v) is 6.66. The number of thiophene rings is 1. The molecule has 0 aliphatic rings. The molecule has 0 unspecified atom stereocenters. The Morgan fingerprint density at radius 3 is 2.46 bits per heavy atom. The molecule has 3 amide bonds. The van der Waals surface area contributed by atoms with Crippen LogP contribution in [0.4, 0.5) is 4.79 Å². The first-order valence-electron chi connectivity index (χ1n) is 7.99. The lowest BCUT2D eigenvalue weighted by molar-refractivity contribution is -0.121. The summed E-state index contributed by atoms with van der Waals surface area (Å²) in [4.78, 5) is 23.9. The van der Waals surface area contributed by atoms with E-state index in [1.54, 1.807) is 18.3 Å². The molecular formula is C18H23N3O2S. The van der Waals surface area contributed by atoms with E-state index in [1.807, 2.05) is 17.5 Å². The number of carbonyl (C=O) groups is 2. The summed E-state index contributed by atoms with van der Waals surface area (Å²) in [6.07, 6.45) is 2.16. The highest BCUT2D eigenvalue weighted by molar-refractivity contribution is 7.10. The van der Waals surface area contributed by atoms with E-state index in [9.17, 15) is 9.59 Å². The van der Waals surface area contributed by atoms with Gasteiger partial charge in [-0.2, -0.15) is 0 Å². The molecule has 0 saturated carbocycles. The van der Waals surface area contributed by atoms with Crippen LogP contribution in [0.3, 0.4) is 0 Å². The molecule has 1 heterocycles. The Hall–Kier alpha value is -2.18. The summed E-state index contributed by atoms with van der Waals surface area (Å²) in [6.45, 7) is 3.87. The zero-order chi connectivity index (χ0) is 17.5. The van der Waals surface area contributed by atoms with Gasteiger partial charge in [-0.05, 0) is 35.9 Å². The molecule has 2 aromatic rings. The second kappa shape index (κ2) is 8.61. The van der Waals surface area contributed by atoms with Crippen LogP contribution >= 0.6 is 11.3 Å². The third-order valence-electron chi connectivity index (χ3n) is 3.74. The first-order chi connectivity index (χ1) is 11.5. The molecule has 0 spiro atoms. The van der Waals surface area contributed by atoms with Crippen molar-refractivity contribution in [2.75, 3.05) is 0 Å². The molecular weight excluding hydrogens is 322 g/mol. The average Bonchev–Trinajstić information content (AvgIpc) is 3.07. The fourth-order valence-corrected chi connectivity index (χ4v) is 3.33. The van der Waals surface area contributed by atoms with Gasteiger partial charge in [-0.25, -0.2) is 4.79 Å². The van der Waals surface area contributed by atoms with Crippen molar-refractivity contribution < 1.29 is 9.59 Å². The van der Waals surface area contributed by atoms with Gasteiger partial charge in [0.1, 0.15) is 0 Å². The Labute approximate surface area is 146 Å². The predicted molar refractivity (Wildman–Crippen MR) is 96.9 cm³/mol. The number of nitrogens with one attached hydrogen (secondary N) is 2. The summed E-state index contributed by atoms with van der Waals surface area (Å²) < 4.78 is 0. The highest BCUT2D eigenvalue weighted by Crippen LogP contribution is 2.27. The van der Waals surface area contributed by atoms with Crippen molar-refractivity contribution in [1.29, 1.82) is 0 Å². The van der Waals surface area contributed by atoms with Gasteiger partial charge in [0.15, 0.2) is 0 Å². The summed E-state index contributed by atoms with van der Waals surface area (Å²) in [6, 6.07) is 10.9. The minimum atomic E-state index is -0.842. The largest absolute Gasteiger partial charge is 0.351 e. The van der Waals surface area contributed by atoms with Crippen molar-refractivity contribution in [1.82, 2.24) is 10.6 Å². The van der Waals surface area contributed by atoms with Crippen LogP contribution in [0.1, 0.15) is 42.3 Å². The van der Waals surface area contributed by atoms with E-state index in [-0.39, 0.29) is 6.04 Å². The van der Waals surface area contributed by atoms with Crippen LogP contribution < -0.4 is 16.4 Å². The Morgan fingerprint density at radius 2 is 1.92 bits per heavy atom. The van der Waals surface area contributed by atoms with Crippen LogP contribution in [0.25, 0.3) is 0 Å². The number of primary amides is 1. The third kappa shape index (κ3) is 4.91. The van der Waals surface area contributed by atoms with Gasteiger partial charge in [-0.15, -0.1) is 11.3 Å². The van der Waals surface area contributed by atoms with E-state index in [4.69, 9.17) is 5.73 Å². The first-order valence-corrected chi connectivity index (χ1v) is 8.87. The number of hydrogen-bond donors (Lipinski definition) is 3. The maximum absolute atomic E-state index is 12.0. The summed E-state index contributed by atoms with van der Waals surface area (Å²) in [7, 11) is 0. The number of nitrogens with two attached hydrogens (primary N) is 1. The molecule has 5 nitrogen and oxygen atoms in total. The molecule has 128 valence electrons. The van der Waals surface area contributed by atoms with Crippen LogP contribution in [0.2, 0.25) is 0 Å². The number of benzene rings is 1. The average molecular weight is 345 g/mol. The highest BCUT2D eigenvalue weighted by atomic mass is 32.1. The molecule has 2 atom stereocenters. The van der Waals surface area contributed by atoms with E-state index in [2.05, 4.69) is 41.8 Å². The number of amides is 3. The van der Waals surface area contributed by atoms with Gasteiger partial charge in [0.2, 0.25) is 5.91 Å². The van der Waals surface area contributed by atoms with Gasteiger partial charge >= 0.3 is 6.03 Å². The molecule has 0 bridgehead atoms. The molecule has 0 fully saturated rings. The van der Waals surface area contributed by atoms with Gasteiger partial charge in [0.25, 0.3) is 0 Å². The lowest BCUT2D eigenvalue weighted by atomic mass is 10.0. The monoisotopic (exact) mass is 345 g/mol. The van der Waals surface area contributed by atoms with Crippen LogP contribution in [0, 0.1) is 0 Å². The lowest BCUT2D eigenvalue weighted by Gasteiger charge is -2.22. The zero-order valence-electron chi connectivity index (χ0n) is 13.9. The molecule has 4 N–H and O–H groups in total. The number of aryl methyl sites for hydroxylation is 1. The van der Waals surface area contributed by atoms with Gasteiger partial charge in [0.05, 0.1) is 12.1 Å². The van der Waals surface area contributed by atoms with Gasteiger partial charge < -0.3 is 5.73 Å². The fourth-order valence-electron chi connectivity index (χ4n) is 2.52. The van der Waals surface area contributed by atoms with Crippen LogP contribution in [-0.4, -0.2) is 18.0 Å².